The molecule has 2 rings (SSSR count). The van der Waals surface area contributed by atoms with Gasteiger partial charge in [-0.25, -0.2) is 4.79 Å². The maximum Gasteiger partial charge on any atom is 0.355 e. The molecule has 1 unspecified atom stereocenters. The van der Waals surface area contributed by atoms with Crippen molar-refractivity contribution in [3.05, 3.63) is 65.0 Å². The number of allylic oxidation sites excluding steroid dienone is 1. The Kier molecular flexibility index (Phi) is 7.27. The molecule has 1 heterocycles. The number of hydrogen-bond acceptors (Lipinski definition) is 2. The van der Waals surface area contributed by atoms with Crippen LogP contribution < -0.4 is 0 Å². The lowest BCUT2D eigenvalue weighted by Crippen LogP contribution is -2.08. The molecule has 128 valence electrons. The highest BCUT2D eigenvalue weighted by atomic mass is 31.0. The van der Waals surface area contributed by atoms with E-state index in [9.17, 15) is 4.79 Å². The van der Waals surface area contributed by atoms with Gasteiger partial charge in [0.15, 0.2) is 0 Å². The standard InChI is InChI=1S/C20H26NO2P/c1-3-17-15-19(20(22)23-4-2)21(24)18(17)14-10-6-9-13-16-11-7-5-8-12-16/h5,7-9,11-13,15H,3-4,6,10,14,24H2,1-2H3/b13-9-. The van der Waals surface area contributed by atoms with Crippen LogP contribution in [0.25, 0.3) is 6.08 Å². The van der Waals surface area contributed by atoms with Gasteiger partial charge in [-0.3, -0.25) is 0 Å². The molecule has 0 bridgehead atoms. The molecule has 0 fully saturated rings. The van der Waals surface area contributed by atoms with Gasteiger partial charge in [0.1, 0.15) is 5.69 Å². The number of hydrogen-bond donors (Lipinski definition) is 0. The zero-order valence-corrected chi connectivity index (χ0v) is 15.7. The van der Waals surface area contributed by atoms with E-state index >= 15 is 0 Å². The summed E-state index contributed by atoms with van der Waals surface area (Å²) in [4.78, 5) is 12.0. The Morgan fingerprint density at radius 1 is 1.25 bits per heavy atom. The number of aryl methyl sites for hydroxylation is 1. The molecule has 0 saturated heterocycles. The minimum Gasteiger partial charge on any atom is -0.461 e. The van der Waals surface area contributed by atoms with E-state index in [0.29, 0.717) is 12.3 Å². The fourth-order valence-corrected chi connectivity index (χ4v) is 3.21. The minimum absolute atomic E-state index is 0.252. The first kappa shape index (κ1) is 18.5. The lowest BCUT2D eigenvalue weighted by atomic mass is 10.1. The number of aromatic nitrogens is 1. The van der Waals surface area contributed by atoms with E-state index in [1.807, 2.05) is 35.5 Å². The third kappa shape index (κ3) is 4.82. The number of carbonyl (C=O) groups is 1. The van der Waals surface area contributed by atoms with Crippen LogP contribution in [0, 0.1) is 0 Å². The maximum absolute atomic E-state index is 12.0. The number of ether oxygens (including phenoxy) is 1. The molecule has 0 aliphatic heterocycles. The quantitative estimate of drug-likeness (QED) is 0.388. The maximum atomic E-state index is 12.0. The fourth-order valence-electron chi connectivity index (χ4n) is 2.74. The second kappa shape index (κ2) is 9.44. The van der Waals surface area contributed by atoms with Crippen molar-refractivity contribution in [2.45, 2.75) is 39.5 Å². The molecule has 0 aliphatic rings. The topological polar surface area (TPSA) is 31.2 Å². The summed E-state index contributed by atoms with van der Waals surface area (Å²) in [6.45, 7) is 4.35. The first-order valence-corrected chi connectivity index (χ1v) is 9.06. The van der Waals surface area contributed by atoms with Crippen molar-refractivity contribution >= 4 is 21.4 Å². The highest BCUT2D eigenvalue weighted by molar-refractivity contribution is 7.14. The highest BCUT2D eigenvalue weighted by Crippen LogP contribution is 2.23. The van der Waals surface area contributed by atoms with E-state index in [0.717, 1.165) is 25.7 Å². The normalized spacial score (nSPS) is 11.1. The third-order valence-corrected chi connectivity index (χ3v) is 4.58. The van der Waals surface area contributed by atoms with Gasteiger partial charge in [0.2, 0.25) is 0 Å². The number of nitrogens with zero attached hydrogens (tertiary/aromatic N) is 1. The summed E-state index contributed by atoms with van der Waals surface area (Å²) in [5.41, 5.74) is 4.28. The van der Waals surface area contributed by atoms with Crippen molar-refractivity contribution in [2.75, 3.05) is 6.61 Å². The van der Waals surface area contributed by atoms with Crippen molar-refractivity contribution in [2.24, 2.45) is 0 Å². The van der Waals surface area contributed by atoms with Crippen LogP contribution in [-0.2, 0) is 17.6 Å². The summed E-state index contributed by atoms with van der Waals surface area (Å²) in [6.07, 6.45) is 8.31. The van der Waals surface area contributed by atoms with Gasteiger partial charge in [-0.15, -0.1) is 0 Å². The van der Waals surface area contributed by atoms with E-state index in [2.05, 4.69) is 40.6 Å². The molecule has 1 aromatic carbocycles. The Morgan fingerprint density at radius 3 is 2.67 bits per heavy atom. The largest absolute Gasteiger partial charge is 0.461 e. The lowest BCUT2D eigenvalue weighted by Gasteiger charge is -2.08. The van der Waals surface area contributed by atoms with E-state index in [-0.39, 0.29) is 5.97 Å². The van der Waals surface area contributed by atoms with E-state index in [1.165, 1.54) is 16.8 Å². The summed E-state index contributed by atoms with van der Waals surface area (Å²) in [6, 6.07) is 12.3. The number of unbranched alkanes of at least 4 members (excludes halogenated alkanes) is 1. The molecule has 3 nitrogen and oxygen atoms in total. The second-order valence-electron chi connectivity index (χ2n) is 5.65. The van der Waals surface area contributed by atoms with Crippen molar-refractivity contribution in [3.63, 3.8) is 0 Å². The Labute approximate surface area is 147 Å². The molecule has 1 aromatic heterocycles. The monoisotopic (exact) mass is 343 g/mol. The Bertz CT molecular complexity index is 689. The van der Waals surface area contributed by atoms with Gasteiger partial charge in [-0.05, 0) is 59.2 Å². The fraction of sp³-hybridized carbons (Fsp3) is 0.350. The highest BCUT2D eigenvalue weighted by Gasteiger charge is 2.17. The van der Waals surface area contributed by atoms with Crippen molar-refractivity contribution in [3.8, 4) is 0 Å². The predicted molar refractivity (Wildman–Crippen MR) is 103 cm³/mol. The molecule has 0 spiro atoms. The van der Waals surface area contributed by atoms with Crippen LogP contribution in [0.2, 0.25) is 0 Å². The molecule has 4 heteroatoms. The summed E-state index contributed by atoms with van der Waals surface area (Å²) >= 11 is 0. The number of rotatable bonds is 8. The van der Waals surface area contributed by atoms with Crippen LogP contribution in [0.1, 0.15) is 54.0 Å². The van der Waals surface area contributed by atoms with Crippen LogP contribution in [-0.4, -0.2) is 16.9 Å². The van der Waals surface area contributed by atoms with Crippen LogP contribution in [0.5, 0.6) is 0 Å². The second-order valence-corrected chi connectivity index (χ2v) is 6.17. The molecule has 0 N–H and O–H groups in total. The summed E-state index contributed by atoms with van der Waals surface area (Å²) in [5.74, 6) is -0.252. The van der Waals surface area contributed by atoms with Gasteiger partial charge < -0.3 is 9.07 Å². The predicted octanol–water partition coefficient (Wildman–Crippen LogP) is 4.90. The zero-order valence-electron chi connectivity index (χ0n) is 14.5. The number of esters is 1. The van der Waals surface area contributed by atoms with Gasteiger partial charge in [-0.2, -0.15) is 0 Å². The Hall–Kier alpha value is -1.86. The molecule has 1 atom stereocenters. The van der Waals surface area contributed by atoms with Gasteiger partial charge in [0, 0.05) is 5.69 Å². The first-order valence-electron chi connectivity index (χ1n) is 8.54. The Balaban J connectivity index is 1.96. The van der Waals surface area contributed by atoms with E-state index < -0.39 is 0 Å². The summed E-state index contributed by atoms with van der Waals surface area (Å²) in [5, 5.41) is 0. The smallest absolute Gasteiger partial charge is 0.355 e. The van der Waals surface area contributed by atoms with Crippen molar-refractivity contribution in [1.29, 1.82) is 0 Å². The lowest BCUT2D eigenvalue weighted by molar-refractivity contribution is 0.0518. The molecular weight excluding hydrogens is 317 g/mol. The summed E-state index contributed by atoms with van der Waals surface area (Å²) < 4.78 is 7.04. The first-order chi connectivity index (χ1) is 11.7. The number of carbonyl (C=O) groups excluding carboxylic acids is 1. The minimum atomic E-state index is -0.252. The number of benzene rings is 1. The molecule has 0 saturated carbocycles. The molecule has 0 radical (unpaired) electrons. The van der Waals surface area contributed by atoms with Crippen molar-refractivity contribution < 1.29 is 9.53 Å². The van der Waals surface area contributed by atoms with Crippen LogP contribution in [0.3, 0.4) is 0 Å². The molecule has 24 heavy (non-hydrogen) atoms. The third-order valence-electron chi connectivity index (χ3n) is 3.99. The van der Waals surface area contributed by atoms with Gasteiger partial charge in [-0.1, -0.05) is 49.4 Å². The van der Waals surface area contributed by atoms with E-state index in [4.69, 9.17) is 4.74 Å². The molecule has 0 aliphatic carbocycles. The Morgan fingerprint density at radius 2 is 2.00 bits per heavy atom. The average molecular weight is 343 g/mol. The van der Waals surface area contributed by atoms with E-state index in [1.54, 1.807) is 0 Å². The van der Waals surface area contributed by atoms with Crippen LogP contribution >= 0.6 is 9.39 Å². The molecule has 2 aromatic rings. The SMILES string of the molecule is CCOC(=O)c1cc(CC)c(CCC/C=C\c2ccccc2)n1P. The van der Waals surface area contributed by atoms with Crippen LogP contribution in [0.15, 0.2) is 42.5 Å². The average Bonchev–Trinajstić information content (AvgIpc) is 2.92. The van der Waals surface area contributed by atoms with Crippen molar-refractivity contribution in [1.82, 2.24) is 4.34 Å². The van der Waals surface area contributed by atoms with Gasteiger partial charge in [0.05, 0.1) is 6.61 Å². The zero-order chi connectivity index (χ0) is 17.4. The van der Waals surface area contributed by atoms with Gasteiger partial charge in [0.25, 0.3) is 0 Å². The molecule has 0 amide bonds. The summed E-state index contributed by atoms with van der Waals surface area (Å²) in [7, 11) is 2.65. The van der Waals surface area contributed by atoms with Gasteiger partial charge >= 0.3 is 5.97 Å². The molecular formula is C20H26NO2P. The van der Waals surface area contributed by atoms with Crippen LogP contribution in [0.4, 0.5) is 0 Å².